The molecule has 0 amide bonds. The molecule has 0 aliphatic rings. The summed E-state index contributed by atoms with van der Waals surface area (Å²) in [7, 11) is 0. The van der Waals surface area contributed by atoms with Gasteiger partial charge in [-0.2, -0.15) is 0 Å². The molecule has 0 saturated heterocycles. The molecular weight excluding hydrogens is 262 g/mol. The highest BCUT2D eigenvalue weighted by Crippen LogP contribution is 2.18. The molecular formula is C18H21NO2. The molecule has 0 bridgehead atoms. The van der Waals surface area contributed by atoms with Gasteiger partial charge < -0.3 is 9.15 Å². The van der Waals surface area contributed by atoms with E-state index in [-0.39, 0.29) is 5.92 Å². The molecule has 2 rings (SSSR count). The highest BCUT2D eigenvalue weighted by Gasteiger charge is 2.11. The van der Waals surface area contributed by atoms with Gasteiger partial charge in [-0.15, -0.1) is 12.3 Å². The lowest BCUT2D eigenvalue weighted by molar-refractivity contribution is 0.118. The molecule has 2 aromatic rings. The summed E-state index contributed by atoms with van der Waals surface area (Å²) in [4.78, 5) is 4.47. The van der Waals surface area contributed by atoms with Crippen LogP contribution >= 0.6 is 0 Å². The van der Waals surface area contributed by atoms with Gasteiger partial charge in [0.05, 0.1) is 12.3 Å². The third kappa shape index (κ3) is 5.09. The highest BCUT2D eigenvalue weighted by molar-refractivity contribution is 5.13. The van der Waals surface area contributed by atoms with Gasteiger partial charge in [-0.25, -0.2) is 4.98 Å². The lowest BCUT2D eigenvalue weighted by Gasteiger charge is -2.03. The molecule has 0 aliphatic heterocycles. The van der Waals surface area contributed by atoms with Gasteiger partial charge in [0.25, 0.3) is 0 Å². The van der Waals surface area contributed by atoms with Crippen LogP contribution in [0.3, 0.4) is 0 Å². The fourth-order valence-corrected chi connectivity index (χ4v) is 2.05. The first kappa shape index (κ1) is 15.3. The Balaban J connectivity index is 1.66. The van der Waals surface area contributed by atoms with Gasteiger partial charge in [-0.05, 0) is 18.4 Å². The van der Waals surface area contributed by atoms with Crippen molar-refractivity contribution in [1.29, 1.82) is 0 Å². The van der Waals surface area contributed by atoms with Crippen LogP contribution in [0.2, 0.25) is 0 Å². The van der Waals surface area contributed by atoms with Crippen molar-refractivity contribution < 1.29 is 9.15 Å². The monoisotopic (exact) mass is 283 g/mol. The zero-order valence-corrected chi connectivity index (χ0v) is 12.4. The molecule has 0 spiro atoms. The second-order valence-electron chi connectivity index (χ2n) is 5.13. The van der Waals surface area contributed by atoms with Crippen LogP contribution in [0.1, 0.15) is 42.8 Å². The highest BCUT2D eigenvalue weighted by atomic mass is 16.5. The van der Waals surface area contributed by atoms with Gasteiger partial charge in [0.1, 0.15) is 6.26 Å². The Morgan fingerprint density at radius 2 is 2.14 bits per heavy atom. The molecule has 0 fully saturated rings. The Labute approximate surface area is 126 Å². The van der Waals surface area contributed by atoms with Crippen LogP contribution in [0.15, 0.2) is 41.0 Å². The van der Waals surface area contributed by atoms with E-state index in [1.54, 1.807) is 6.26 Å². The molecule has 3 heteroatoms. The Morgan fingerprint density at radius 1 is 1.33 bits per heavy atom. The summed E-state index contributed by atoms with van der Waals surface area (Å²) in [5.41, 5.74) is 2.17. The normalized spacial score (nSPS) is 12.0. The molecule has 1 aromatic carbocycles. The zero-order chi connectivity index (χ0) is 14.9. The predicted octanol–water partition coefficient (Wildman–Crippen LogP) is 3.95. The Kier molecular flexibility index (Phi) is 6.05. The van der Waals surface area contributed by atoms with Gasteiger partial charge in [0.15, 0.2) is 5.89 Å². The smallest absolute Gasteiger partial charge is 0.197 e. The van der Waals surface area contributed by atoms with E-state index in [1.165, 1.54) is 5.56 Å². The lowest BCUT2D eigenvalue weighted by Crippen LogP contribution is -1.98. The minimum absolute atomic E-state index is 0.179. The summed E-state index contributed by atoms with van der Waals surface area (Å²) in [6.45, 7) is 3.40. The number of nitrogens with zero attached hydrogens (tertiary/aromatic N) is 1. The number of terminal acetylenes is 1. The number of aryl methyl sites for hydroxylation is 1. The van der Waals surface area contributed by atoms with Crippen LogP contribution in [0, 0.1) is 12.3 Å². The maximum atomic E-state index is 5.65. The zero-order valence-electron chi connectivity index (χ0n) is 12.4. The third-order valence-corrected chi connectivity index (χ3v) is 3.25. The van der Waals surface area contributed by atoms with Gasteiger partial charge in [0.2, 0.25) is 0 Å². The molecule has 0 radical (unpaired) electrons. The summed E-state index contributed by atoms with van der Waals surface area (Å²) in [6, 6.07) is 10.2. The third-order valence-electron chi connectivity index (χ3n) is 3.25. The van der Waals surface area contributed by atoms with E-state index in [4.69, 9.17) is 15.6 Å². The Hall–Kier alpha value is -2.05. The fraction of sp³-hybridized carbons (Fsp3) is 0.389. The van der Waals surface area contributed by atoms with Crippen molar-refractivity contribution in [3.63, 3.8) is 0 Å². The van der Waals surface area contributed by atoms with Gasteiger partial charge in [-0.3, -0.25) is 0 Å². The quantitative estimate of drug-likeness (QED) is 0.543. The average Bonchev–Trinajstić information content (AvgIpc) is 2.97. The SMILES string of the molecule is C#CC[C@@H](C)c1nc(CCCOCc2ccccc2)co1. The number of aromatic nitrogens is 1. The van der Waals surface area contributed by atoms with Crippen LogP contribution < -0.4 is 0 Å². The fourth-order valence-electron chi connectivity index (χ4n) is 2.05. The van der Waals surface area contributed by atoms with Crippen LogP contribution in [0.5, 0.6) is 0 Å². The number of hydrogen-bond donors (Lipinski definition) is 0. The molecule has 110 valence electrons. The van der Waals surface area contributed by atoms with Crippen molar-refractivity contribution in [2.45, 2.75) is 38.7 Å². The maximum Gasteiger partial charge on any atom is 0.197 e. The maximum absolute atomic E-state index is 5.65. The van der Waals surface area contributed by atoms with Crippen molar-refractivity contribution in [2.24, 2.45) is 0 Å². The summed E-state index contributed by atoms with van der Waals surface area (Å²) in [5.74, 6) is 3.54. The molecule has 0 unspecified atom stereocenters. The van der Waals surface area contributed by atoms with Crippen molar-refractivity contribution in [3.8, 4) is 12.3 Å². The minimum Gasteiger partial charge on any atom is -0.448 e. The van der Waals surface area contributed by atoms with Crippen LogP contribution in [0.4, 0.5) is 0 Å². The molecule has 3 nitrogen and oxygen atoms in total. The minimum atomic E-state index is 0.179. The topological polar surface area (TPSA) is 35.3 Å². The standard InChI is InChI=1S/C18H21NO2/c1-3-8-15(2)18-19-17(14-21-18)11-7-12-20-13-16-9-5-4-6-10-16/h1,4-6,9-10,14-15H,7-8,11-13H2,2H3/t15-/m1/s1. The van der Waals surface area contributed by atoms with E-state index in [2.05, 4.69) is 23.0 Å². The van der Waals surface area contributed by atoms with Crippen molar-refractivity contribution in [2.75, 3.05) is 6.61 Å². The number of hydrogen-bond acceptors (Lipinski definition) is 3. The molecule has 1 aromatic heterocycles. The van der Waals surface area contributed by atoms with Gasteiger partial charge >= 0.3 is 0 Å². The number of oxazole rings is 1. The van der Waals surface area contributed by atoms with E-state index in [0.29, 0.717) is 13.0 Å². The Bertz CT molecular complexity index is 568. The number of benzene rings is 1. The van der Waals surface area contributed by atoms with Crippen LogP contribution in [-0.2, 0) is 17.8 Å². The summed E-state index contributed by atoms with van der Waals surface area (Å²) >= 11 is 0. The number of ether oxygens (including phenoxy) is 1. The van der Waals surface area contributed by atoms with E-state index < -0.39 is 0 Å². The van der Waals surface area contributed by atoms with E-state index in [9.17, 15) is 0 Å². The molecule has 21 heavy (non-hydrogen) atoms. The first-order valence-corrected chi connectivity index (χ1v) is 7.29. The second-order valence-corrected chi connectivity index (χ2v) is 5.13. The Morgan fingerprint density at radius 3 is 2.90 bits per heavy atom. The summed E-state index contributed by atoms with van der Waals surface area (Å²) in [6.07, 6.45) is 9.47. The van der Waals surface area contributed by atoms with Crippen molar-refractivity contribution >= 4 is 0 Å². The van der Waals surface area contributed by atoms with Crippen LogP contribution in [-0.4, -0.2) is 11.6 Å². The number of rotatable bonds is 8. The molecule has 0 saturated carbocycles. The van der Waals surface area contributed by atoms with Gasteiger partial charge in [0, 0.05) is 18.9 Å². The van der Waals surface area contributed by atoms with Crippen LogP contribution in [0.25, 0.3) is 0 Å². The predicted molar refractivity (Wildman–Crippen MR) is 82.8 cm³/mol. The summed E-state index contributed by atoms with van der Waals surface area (Å²) in [5, 5.41) is 0. The van der Waals surface area contributed by atoms with E-state index in [1.807, 2.05) is 25.1 Å². The van der Waals surface area contributed by atoms with Crippen molar-refractivity contribution in [1.82, 2.24) is 4.98 Å². The molecule has 0 aliphatic carbocycles. The largest absolute Gasteiger partial charge is 0.448 e. The van der Waals surface area contributed by atoms with E-state index in [0.717, 1.165) is 31.0 Å². The first-order valence-electron chi connectivity index (χ1n) is 7.29. The first-order chi connectivity index (χ1) is 10.3. The van der Waals surface area contributed by atoms with Crippen molar-refractivity contribution in [3.05, 3.63) is 53.7 Å². The molecule has 1 atom stereocenters. The molecule has 1 heterocycles. The second kappa shape index (κ2) is 8.28. The van der Waals surface area contributed by atoms with Gasteiger partial charge in [-0.1, -0.05) is 37.3 Å². The summed E-state index contributed by atoms with van der Waals surface area (Å²) < 4.78 is 11.1. The average molecular weight is 283 g/mol. The molecule has 0 N–H and O–H groups in total. The van der Waals surface area contributed by atoms with E-state index >= 15 is 0 Å². The lowest BCUT2D eigenvalue weighted by atomic mass is 10.1.